The van der Waals surface area contributed by atoms with Crippen LogP contribution in [0.2, 0.25) is 0 Å². The van der Waals surface area contributed by atoms with Gasteiger partial charge in [-0.05, 0) is 45.2 Å². The monoisotopic (exact) mass is 193 g/mol. The van der Waals surface area contributed by atoms with Crippen molar-refractivity contribution in [1.29, 1.82) is 0 Å². The molecule has 1 aliphatic heterocycles. The maximum Gasteiger partial charge on any atom is 0.0522 e. The highest BCUT2D eigenvalue weighted by atomic mass is 15.3. The molecule has 0 aromatic carbocycles. The summed E-state index contributed by atoms with van der Waals surface area (Å²) in [5.41, 5.74) is 1.36. The standard InChI is InChI=1S/C11H19N3/c1-9(2)14-8-10(7-13-14)6-11-4-3-5-12-11/h7-9,11-12H,3-6H2,1-2H3/t11-/m0/s1. The molecule has 0 saturated carbocycles. The zero-order valence-electron chi connectivity index (χ0n) is 9.03. The van der Waals surface area contributed by atoms with Crippen LogP contribution in [0.5, 0.6) is 0 Å². The van der Waals surface area contributed by atoms with Gasteiger partial charge in [-0.15, -0.1) is 0 Å². The van der Waals surface area contributed by atoms with E-state index in [1.165, 1.54) is 24.9 Å². The molecule has 0 bridgehead atoms. The van der Waals surface area contributed by atoms with Gasteiger partial charge in [-0.25, -0.2) is 0 Å². The smallest absolute Gasteiger partial charge is 0.0522 e. The molecule has 2 heterocycles. The SMILES string of the molecule is CC(C)n1cc(C[C@@H]2CCCN2)cn1. The van der Waals surface area contributed by atoms with Gasteiger partial charge in [0.25, 0.3) is 0 Å². The average Bonchev–Trinajstić information content (AvgIpc) is 2.75. The first-order chi connectivity index (χ1) is 6.75. The third-order valence-electron chi connectivity index (χ3n) is 2.83. The van der Waals surface area contributed by atoms with E-state index in [4.69, 9.17) is 0 Å². The van der Waals surface area contributed by atoms with E-state index in [9.17, 15) is 0 Å². The molecule has 0 amide bonds. The fraction of sp³-hybridized carbons (Fsp3) is 0.727. The number of nitrogens with one attached hydrogen (secondary N) is 1. The fourth-order valence-electron chi connectivity index (χ4n) is 1.98. The van der Waals surface area contributed by atoms with Gasteiger partial charge in [0.05, 0.1) is 6.20 Å². The molecule has 1 aromatic rings. The van der Waals surface area contributed by atoms with Gasteiger partial charge >= 0.3 is 0 Å². The van der Waals surface area contributed by atoms with E-state index in [0.29, 0.717) is 12.1 Å². The second-order valence-corrected chi connectivity index (χ2v) is 4.42. The van der Waals surface area contributed by atoms with Crippen molar-refractivity contribution < 1.29 is 0 Å². The van der Waals surface area contributed by atoms with E-state index < -0.39 is 0 Å². The summed E-state index contributed by atoms with van der Waals surface area (Å²) in [6.45, 7) is 5.50. The molecule has 0 spiro atoms. The molecule has 0 radical (unpaired) electrons. The zero-order valence-corrected chi connectivity index (χ0v) is 9.03. The molecule has 14 heavy (non-hydrogen) atoms. The van der Waals surface area contributed by atoms with Crippen LogP contribution in [-0.4, -0.2) is 22.4 Å². The summed E-state index contributed by atoms with van der Waals surface area (Å²) in [5.74, 6) is 0. The third kappa shape index (κ3) is 2.15. The Morgan fingerprint density at radius 1 is 1.64 bits per heavy atom. The maximum atomic E-state index is 4.35. The van der Waals surface area contributed by atoms with Crippen molar-refractivity contribution in [3.8, 4) is 0 Å². The van der Waals surface area contributed by atoms with E-state index in [1.54, 1.807) is 0 Å². The van der Waals surface area contributed by atoms with Crippen molar-refractivity contribution in [1.82, 2.24) is 15.1 Å². The van der Waals surface area contributed by atoms with Gasteiger partial charge in [-0.3, -0.25) is 4.68 Å². The van der Waals surface area contributed by atoms with Crippen LogP contribution >= 0.6 is 0 Å². The zero-order chi connectivity index (χ0) is 9.97. The molecule has 1 fully saturated rings. The number of nitrogens with zero attached hydrogens (tertiary/aromatic N) is 2. The summed E-state index contributed by atoms with van der Waals surface area (Å²) in [5, 5.41) is 7.85. The number of hydrogen-bond acceptors (Lipinski definition) is 2. The van der Waals surface area contributed by atoms with Gasteiger partial charge in [-0.1, -0.05) is 0 Å². The Balaban J connectivity index is 1.95. The van der Waals surface area contributed by atoms with Crippen LogP contribution in [0.3, 0.4) is 0 Å². The minimum Gasteiger partial charge on any atom is -0.314 e. The van der Waals surface area contributed by atoms with Gasteiger partial charge < -0.3 is 5.32 Å². The molecular weight excluding hydrogens is 174 g/mol. The summed E-state index contributed by atoms with van der Waals surface area (Å²) in [6, 6.07) is 1.15. The average molecular weight is 193 g/mol. The summed E-state index contributed by atoms with van der Waals surface area (Å²) < 4.78 is 2.03. The van der Waals surface area contributed by atoms with Crippen molar-refractivity contribution in [2.24, 2.45) is 0 Å². The van der Waals surface area contributed by atoms with Crippen molar-refractivity contribution in [3.63, 3.8) is 0 Å². The predicted molar refractivity (Wildman–Crippen MR) is 57.3 cm³/mol. The van der Waals surface area contributed by atoms with E-state index in [-0.39, 0.29) is 0 Å². The summed E-state index contributed by atoms with van der Waals surface area (Å²) in [7, 11) is 0. The number of aromatic nitrogens is 2. The van der Waals surface area contributed by atoms with Crippen molar-refractivity contribution in [2.75, 3.05) is 6.54 Å². The Morgan fingerprint density at radius 3 is 3.07 bits per heavy atom. The molecular formula is C11H19N3. The molecule has 2 rings (SSSR count). The Hall–Kier alpha value is -0.830. The maximum absolute atomic E-state index is 4.35. The summed E-state index contributed by atoms with van der Waals surface area (Å²) in [4.78, 5) is 0. The molecule has 1 atom stereocenters. The molecule has 0 aliphatic carbocycles. The van der Waals surface area contributed by atoms with Crippen molar-refractivity contribution in [2.45, 2.75) is 45.2 Å². The van der Waals surface area contributed by atoms with E-state index >= 15 is 0 Å². The highest BCUT2D eigenvalue weighted by Crippen LogP contribution is 2.12. The van der Waals surface area contributed by atoms with Crippen LogP contribution in [0.1, 0.15) is 38.3 Å². The third-order valence-corrected chi connectivity index (χ3v) is 2.83. The topological polar surface area (TPSA) is 29.9 Å². The lowest BCUT2D eigenvalue weighted by Crippen LogP contribution is -2.23. The van der Waals surface area contributed by atoms with Crippen LogP contribution in [-0.2, 0) is 6.42 Å². The van der Waals surface area contributed by atoms with Crippen LogP contribution < -0.4 is 5.32 Å². The molecule has 1 aromatic heterocycles. The molecule has 1 saturated heterocycles. The normalized spacial score (nSPS) is 22.1. The fourth-order valence-corrected chi connectivity index (χ4v) is 1.98. The molecule has 0 unspecified atom stereocenters. The van der Waals surface area contributed by atoms with Gasteiger partial charge in [0.15, 0.2) is 0 Å². The first-order valence-electron chi connectivity index (χ1n) is 5.52. The molecule has 3 nitrogen and oxygen atoms in total. The van der Waals surface area contributed by atoms with Gasteiger partial charge in [0.1, 0.15) is 0 Å². The minimum atomic E-state index is 0.472. The first kappa shape index (κ1) is 9.71. The highest BCUT2D eigenvalue weighted by molar-refractivity contribution is 5.07. The second-order valence-electron chi connectivity index (χ2n) is 4.42. The number of hydrogen-bond donors (Lipinski definition) is 1. The Labute approximate surface area is 85.5 Å². The van der Waals surface area contributed by atoms with Gasteiger partial charge in [0.2, 0.25) is 0 Å². The molecule has 3 heteroatoms. The van der Waals surface area contributed by atoms with E-state index in [2.05, 4.69) is 30.5 Å². The van der Waals surface area contributed by atoms with Crippen molar-refractivity contribution in [3.05, 3.63) is 18.0 Å². The van der Waals surface area contributed by atoms with E-state index in [0.717, 1.165) is 6.42 Å². The Morgan fingerprint density at radius 2 is 2.50 bits per heavy atom. The van der Waals surface area contributed by atoms with Crippen LogP contribution in [0.15, 0.2) is 12.4 Å². The highest BCUT2D eigenvalue weighted by Gasteiger charge is 2.15. The lowest BCUT2D eigenvalue weighted by molar-refractivity contribution is 0.531. The van der Waals surface area contributed by atoms with Crippen LogP contribution in [0.4, 0.5) is 0 Å². The second kappa shape index (κ2) is 4.13. The largest absolute Gasteiger partial charge is 0.314 e. The lowest BCUT2D eigenvalue weighted by atomic mass is 10.1. The Kier molecular flexibility index (Phi) is 2.87. The molecule has 78 valence electrons. The number of rotatable bonds is 3. The molecule has 1 N–H and O–H groups in total. The summed E-state index contributed by atoms with van der Waals surface area (Å²) in [6.07, 6.45) is 7.94. The first-order valence-corrected chi connectivity index (χ1v) is 5.52. The van der Waals surface area contributed by atoms with Gasteiger partial charge in [-0.2, -0.15) is 5.10 Å². The predicted octanol–water partition coefficient (Wildman–Crippen LogP) is 1.76. The minimum absolute atomic E-state index is 0.472. The quantitative estimate of drug-likeness (QED) is 0.792. The molecule has 1 aliphatic rings. The van der Waals surface area contributed by atoms with Gasteiger partial charge in [0, 0.05) is 18.3 Å². The Bertz CT molecular complexity index is 284. The lowest BCUT2D eigenvalue weighted by Gasteiger charge is -2.07. The van der Waals surface area contributed by atoms with E-state index in [1.807, 2.05) is 10.9 Å². The van der Waals surface area contributed by atoms with Crippen LogP contribution in [0, 0.1) is 0 Å². The van der Waals surface area contributed by atoms with Crippen molar-refractivity contribution >= 4 is 0 Å². The van der Waals surface area contributed by atoms with Crippen LogP contribution in [0.25, 0.3) is 0 Å². The summed E-state index contributed by atoms with van der Waals surface area (Å²) >= 11 is 0.